The minimum Gasteiger partial charge on any atom is -0.497 e. The van der Waals surface area contributed by atoms with Crippen molar-refractivity contribution >= 4 is 0 Å². The van der Waals surface area contributed by atoms with Gasteiger partial charge in [0.05, 0.1) is 27.2 Å². The van der Waals surface area contributed by atoms with Crippen LogP contribution in [0, 0.1) is 0 Å². The quantitative estimate of drug-likeness (QED) is 0.657. The lowest BCUT2D eigenvalue weighted by molar-refractivity contribution is -0.0427. The van der Waals surface area contributed by atoms with Gasteiger partial charge in [0.15, 0.2) is 0 Å². The van der Waals surface area contributed by atoms with E-state index in [2.05, 4.69) is 0 Å². The van der Waals surface area contributed by atoms with Crippen molar-refractivity contribution in [2.75, 3.05) is 21.3 Å². The van der Waals surface area contributed by atoms with Crippen LogP contribution >= 0.6 is 0 Å². The summed E-state index contributed by atoms with van der Waals surface area (Å²) >= 11 is 0. The summed E-state index contributed by atoms with van der Waals surface area (Å²) < 4.78 is 22.6. The van der Waals surface area contributed by atoms with E-state index in [4.69, 9.17) is 18.9 Å². The summed E-state index contributed by atoms with van der Waals surface area (Å²) in [5, 5.41) is 11.9. The average molecular weight is 406 g/mol. The van der Waals surface area contributed by atoms with Crippen molar-refractivity contribution in [1.82, 2.24) is 0 Å². The third-order valence-corrected chi connectivity index (χ3v) is 5.79. The molecule has 0 amide bonds. The topological polar surface area (TPSA) is 57.2 Å². The number of hydrogen-bond acceptors (Lipinski definition) is 5. The van der Waals surface area contributed by atoms with E-state index in [9.17, 15) is 5.11 Å². The van der Waals surface area contributed by atoms with Crippen LogP contribution in [0.25, 0.3) is 0 Å². The van der Waals surface area contributed by atoms with Crippen molar-refractivity contribution in [2.24, 2.45) is 0 Å². The Bertz CT molecular complexity index is 1030. The zero-order chi connectivity index (χ0) is 21.3. The monoisotopic (exact) mass is 406 g/mol. The fraction of sp³-hybridized carbons (Fsp3) is 0.280. The third kappa shape index (κ3) is 3.46. The summed E-state index contributed by atoms with van der Waals surface area (Å²) in [6, 6.07) is 21.0. The number of rotatable bonds is 5. The first kappa shape index (κ1) is 20.1. The summed E-state index contributed by atoms with van der Waals surface area (Å²) in [6.45, 7) is 1.83. The van der Waals surface area contributed by atoms with Crippen molar-refractivity contribution in [2.45, 2.75) is 24.5 Å². The van der Waals surface area contributed by atoms with E-state index in [1.54, 1.807) is 21.3 Å². The van der Waals surface area contributed by atoms with Gasteiger partial charge < -0.3 is 24.1 Å². The number of fused-ring (bicyclic) bond motifs is 1. The molecule has 4 rings (SSSR count). The number of methoxy groups -OCH3 is 3. The van der Waals surface area contributed by atoms with Gasteiger partial charge in [0.25, 0.3) is 0 Å². The maximum absolute atomic E-state index is 11.9. The van der Waals surface area contributed by atoms with Gasteiger partial charge in [0, 0.05) is 5.56 Å². The van der Waals surface area contributed by atoms with E-state index in [0.29, 0.717) is 17.1 Å². The lowest BCUT2D eigenvalue weighted by Crippen LogP contribution is -2.40. The molecule has 30 heavy (non-hydrogen) atoms. The zero-order valence-corrected chi connectivity index (χ0v) is 17.6. The molecule has 0 saturated carbocycles. The second-order valence-corrected chi connectivity index (χ2v) is 7.58. The molecular weight excluding hydrogens is 380 g/mol. The molecule has 0 spiro atoms. The minimum absolute atomic E-state index is 0.374. The molecule has 3 unspecified atom stereocenters. The highest BCUT2D eigenvalue weighted by atomic mass is 16.5. The van der Waals surface area contributed by atoms with Crippen molar-refractivity contribution in [3.05, 3.63) is 83.4 Å². The van der Waals surface area contributed by atoms with Gasteiger partial charge in [0.1, 0.15) is 34.7 Å². The van der Waals surface area contributed by atoms with Crippen LogP contribution in [-0.4, -0.2) is 26.4 Å². The lowest BCUT2D eigenvalue weighted by atomic mass is 9.71. The Hall–Kier alpha value is -3.18. The molecule has 1 aliphatic rings. The normalized spacial score (nSPS) is 22.6. The van der Waals surface area contributed by atoms with Crippen LogP contribution in [0.5, 0.6) is 23.0 Å². The van der Waals surface area contributed by atoms with Gasteiger partial charge in [-0.2, -0.15) is 0 Å². The molecule has 156 valence electrons. The van der Waals surface area contributed by atoms with E-state index < -0.39 is 11.7 Å². The van der Waals surface area contributed by atoms with Crippen molar-refractivity contribution in [3.63, 3.8) is 0 Å². The molecule has 3 aromatic carbocycles. The van der Waals surface area contributed by atoms with Crippen molar-refractivity contribution in [1.29, 1.82) is 0 Å². The summed E-state index contributed by atoms with van der Waals surface area (Å²) in [5.74, 6) is 2.43. The number of ether oxygens (including phenoxy) is 4. The van der Waals surface area contributed by atoms with E-state index in [1.807, 2.05) is 73.7 Å². The Balaban J connectivity index is 1.89. The Morgan fingerprint density at radius 3 is 2.07 bits per heavy atom. The molecular formula is C25H26O5. The Morgan fingerprint density at radius 1 is 0.767 bits per heavy atom. The largest absolute Gasteiger partial charge is 0.497 e. The molecule has 0 bridgehead atoms. The predicted molar refractivity (Wildman–Crippen MR) is 115 cm³/mol. The fourth-order valence-electron chi connectivity index (χ4n) is 4.19. The molecule has 1 N–H and O–H groups in total. The summed E-state index contributed by atoms with van der Waals surface area (Å²) in [5.41, 5.74) is 1.36. The van der Waals surface area contributed by atoms with E-state index in [-0.39, 0.29) is 5.92 Å². The molecule has 5 nitrogen and oxygen atoms in total. The highest BCUT2D eigenvalue weighted by Gasteiger charge is 2.47. The number of aliphatic hydroxyl groups is 1. The van der Waals surface area contributed by atoms with Gasteiger partial charge in [0.2, 0.25) is 0 Å². The Kier molecular flexibility index (Phi) is 5.31. The molecule has 1 aliphatic heterocycles. The molecule has 3 atom stereocenters. The predicted octanol–water partition coefficient (Wildman–Crippen LogP) is 4.84. The first-order valence-electron chi connectivity index (χ1n) is 9.83. The molecule has 0 radical (unpaired) electrons. The SMILES string of the molecule is COc1ccc(C2Oc3ccc(OC)cc3C(C)(O)C2c2cccc(OC)c2)cc1. The first-order chi connectivity index (χ1) is 14.5. The lowest BCUT2D eigenvalue weighted by Gasteiger charge is -2.44. The van der Waals surface area contributed by atoms with Gasteiger partial charge >= 0.3 is 0 Å². The Morgan fingerprint density at radius 2 is 1.40 bits per heavy atom. The van der Waals surface area contributed by atoms with Gasteiger partial charge in [-0.1, -0.05) is 24.3 Å². The van der Waals surface area contributed by atoms with Gasteiger partial charge in [-0.25, -0.2) is 0 Å². The minimum atomic E-state index is -1.21. The van der Waals surface area contributed by atoms with E-state index in [1.165, 1.54) is 0 Å². The maximum Gasteiger partial charge on any atom is 0.134 e. The highest BCUT2D eigenvalue weighted by Crippen LogP contribution is 2.54. The van der Waals surface area contributed by atoms with Gasteiger partial charge in [-0.3, -0.25) is 0 Å². The second kappa shape index (κ2) is 7.92. The molecule has 5 heteroatoms. The summed E-state index contributed by atoms with van der Waals surface area (Å²) in [7, 11) is 4.88. The fourth-order valence-corrected chi connectivity index (χ4v) is 4.19. The number of hydrogen-bond donors (Lipinski definition) is 1. The van der Waals surface area contributed by atoms with Crippen LogP contribution in [0.2, 0.25) is 0 Å². The molecule has 0 aromatic heterocycles. The summed E-state index contributed by atoms with van der Waals surface area (Å²) in [4.78, 5) is 0. The first-order valence-corrected chi connectivity index (χ1v) is 9.83. The number of benzene rings is 3. The third-order valence-electron chi connectivity index (χ3n) is 5.79. The molecule has 0 aliphatic carbocycles. The van der Waals surface area contributed by atoms with Crippen LogP contribution in [0.4, 0.5) is 0 Å². The highest BCUT2D eigenvalue weighted by molar-refractivity contribution is 5.50. The van der Waals surface area contributed by atoms with Crippen LogP contribution in [-0.2, 0) is 5.60 Å². The Labute approximate surface area is 176 Å². The van der Waals surface area contributed by atoms with E-state index >= 15 is 0 Å². The molecule has 3 aromatic rings. The van der Waals surface area contributed by atoms with Crippen molar-refractivity contribution < 1.29 is 24.1 Å². The van der Waals surface area contributed by atoms with E-state index in [0.717, 1.165) is 22.6 Å². The zero-order valence-electron chi connectivity index (χ0n) is 17.6. The van der Waals surface area contributed by atoms with Crippen LogP contribution < -0.4 is 18.9 Å². The van der Waals surface area contributed by atoms with Gasteiger partial charge in [-0.05, 0) is 60.5 Å². The summed E-state index contributed by atoms with van der Waals surface area (Å²) in [6.07, 6.45) is -0.404. The van der Waals surface area contributed by atoms with Crippen LogP contribution in [0.15, 0.2) is 66.7 Å². The molecule has 0 fully saturated rings. The average Bonchev–Trinajstić information content (AvgIpc) is 2.78. The van der Waals surface area contributed by atoms with Crippen LogP contribution in [0.3, 0.4) is 0 Å². The standard InChI is InChI=1S/C25H26O5/c1-25(26)21-15-20(29-4)12-13-22(21)30-24(16-8-10-18(27-2)11-9-16)23(25)17-6-5-7-19(14-17)28-3/h5-15,23-24,26H,1-4H3. The second-order valence-electron chi connectivity index (χ2n) is 7.58. The molecule has 0 saturated heterocycles. The van der Waals surface area contributed by atoms with Crippen molar-refractivity contribution in [3.8, 4) is 23.0 Å². The van der Waals surface area contributed by atoms with Crippen LogP contribution in [0.1, 0.15) is 35.6 Å². The van der Waals surface area contributed by atoms with Gasteiger partial charge in [-0.15, -0.1) is 0 Å². The molecule has 1 heterocycles. The smallest absolute Gasteiger partial charge is 0.134 e. The maximum atomic E-state index is 11.9.